The van der Waals surface area contributed by atoms with Crippen LogP contribution in [0.5, 0.6) is 0 Å². The maximum absolute atomic E-state index is 12.9. The van der Waals surface area contributed by atoms with Gasteiger partial charge in [0.05, 0.1) is 36.9 Å². The molecule has 45 heavy (non-hydrogen) atoms. The summed E-state index contributed by atoms with van der Waals surface area (Å²) in [6, 6.07) is 32.3. The molecule has 0 radical (unpaired) electrons. The molecule has 0 bridgehead atoms. The predicted octanol–water partition coefficient (Wildman–Crippen LogP) is 5.45. The topological polar surface area (TPSA) is 97.3 Å². The van der Waals surface area contributed by atoms with Gasteiger partial charge in [-0.05, 0) is 39.9 Å². The van der Waals surface area contributed by atoms with Crippen LogP contribution in [-0.2, 0) is 37.4 Å². The van der Waals surface area contributed by atoms with Crippen LogP contribution in [0.25, 0.3) is 11.1 Å². The Labute approximate surface area is 265 Å². The second kappa shape index (κ2) is 14.3. The van der Waals surface area contributed by atoms with E-state index in [4.69, 9.17) is 14.2 Å². The van der Waals surface area contributed by atoms with Gasteiger partial charge >= 0.3 is 0 Å². The molecule has 8 nitrogen and oxygen atoms in total. The summed E-state index contributed by atoms with van der Waals surface area (Å²) >= 11 is 0. The van der Waals surface area contributed by atoms with Gasteiger partial charge in [-0.15, -0.1) is 0 Å². The largest absolute Gasteiger partial charge is 0.392 e. The summed E-state index contributed by atoms with van der Waals surface area (Å²) in [5.41, 5.74) is 5.63. The molecule has 2 heterocycles. The Morgan fingerprint density at radius 2 is 1.49 bits per heavy atom. The molecule has 4 atom stereocenters. The number of nitrogens with zero attached hydrogens (tertiary/aromatic N) is 1. The van der Waals surface area contributed by atoms with Gasteiger partial charge in [-0.25, -0.2) is 13.1 Å². The normalized spacial score (nSPS) is 22.7. The number of benzene rings is 4. The van der Waals surface area contributed by atoms with E-state index in [-0.39, 0.29) is 36.2 Å². The van der Waals surface area contributed by atoms with Gasteiger partial charge in [0, 0.05) is 37.7 Å². The maximum Gasteiger partial charge on any atom is 0.240 e. The summed E-state index contributed by atoms with van der Waals surface area (Å²) in [7, 11) is -3.64. The third-order valence-corrected chi connectivity index (χ3v) is 10.1. The first-order valence-electron chi connectivity index (χ1n) is 15.4. The summed E-state index contributed by atoms with van der Waals surface area (Å²) in [6.07, 6.45) is -0.792. The molecule has 9 heteroatoms. The van der Waals surface area contributed by atoms with Crippen LogP contribution in [0.4, 0.5) is 0 Å². The van der Waals surface area contributed by atoms with Crippen LogP contribution in [0.1, 0.15) is 41.6 Å². The number of sulfonamides is 1. The number of ether oxygens (including phenoxy) is 3. The van der Waals surface area contributed by atoms with E-state index in [2.05, 4.69) is 16.5 Å². The molecular weight excluding hydrogens is 588 g/mol. The lowest BCUT2D eigenvalue weighted by Crippen LogP contribution is -2.47. The van der Waals surface area contributed by atoms with Gasteiger partial charge < -0.3 is 19.3 Å². The Hall–Kier alpha value is -3.41. The van der Waals surface area contributed by atoms with Gasteiger partial charge in [0.25, 0.3) is 0 Å². The highest BCUT2D eigenvalue weighted by Crippen LogP contribution is 2.42. The molecule has 2 saturated heterocycles. The van der Waals surface area contributed by atoms with Gasteiger partial charge in [-0.1, -0.05) is 97.9 Å². The molecule has 6 rings (SSSR count). The van der Waals surface area contributed by atoms with Crippen molar-refractivity contribution in [3.63, 3.8) is 0 Å². The zero-order valence-electron chi connectivity index (χ0n) is 25.4. The lowest BCUT2D eigenvalue weighted by atomic mass is 9.90. The first-order valence-corrected chi connectivity index (χ1v) is 16.9. The van der Waals surface area contributed by atoms with E-state index in [9.17, 15) is 13.5 Å². The van der Waals surface area contributed by atoms with Crippen molar-refractivity contribution in [1.29, 1.82) is 0 Å². The van der Waals surface area contributed by atoms with Crippen molar-refractivity contribution in [1.82, 2.24) is 9.62 Å². The predicted molar refractivity (Wildman–Crippen MR) is 173 cm³/mol. The fourth-order valence-electron chi connectivity index (χ4n) is 6.00. The van der Waals surface area contributed by atoms with Gasteiger partial charge in [0.2, 0.25) is 10.0 Å². The van der Waals surface area contributed by atoms with Crippen molar-refractivity contribution in [3.8, 4) is 11.1 Å². The van der Waals surface area contributed by atoms with Crippen molar-refractivity contribution >= 4 is 10.0 Å². The molecule has 0 spiro atoms. The molecule has 2 aliphatic heterocycles. The number of aliphatic hydroxyl groups is 1. The highest BCUT2D eigenvalue weighted by Gasteiger charge is 2.39. The van der Waals surface area contributed by atoms with E-state index in [0.717, 1.165) is 66.2 Å². The summed E-state index contributed by atoms with van der Waals surface area (Å²) in [4.78, 5) is 2.63. The van der Waals surface area contributed by atoms with Gasteiger partial charge in [-0.3, -0.25) is 4.90 Å². The highest BCUT2D eigenvalue weighted by molar-refractivity contribution is 7.89. The number of morpholine rings is 1. The van der Waals surface area contributed by atoms with E-state index >= 15 is 0 Å². The number of hydrogen-bond acceptors (Lipinski definition) is 7. The fraction of sp³-hybridized carbons (Fsp3) is 0.333. The molecular formula is C36H40N2O6S. The van der Waals surface area contributed by atoms with Crippen LogP contribution in [0.2, 0.25) is 0 Å². The number of hydrogen-bond donors (Lipinski definition) is 2. The summed E-state index contributed by atoms with van der Waals surface area (Å²) in [5, 5.41) is 9.54. The molecule has 0 amide bonds. The Bertz CT molecular complexity index is 1640. The second-order valence-corrected chi connectivity index (χ2v) is 13.4. The van der Waals surface area contributed by atoms with Crippen LogP contribution in [0, 0.1) is 5.92 Å². The quantitative estimate of drug-likeness (QED) is 0.241. The first-order chi connectivity index (χ1) is 21.9. The Morgan fingerprint density at radius 1 is 0.822 bits per heavy atom. The zero-order valence-corrected chi connectivity index (χ0v) is 26.2. The minimum atomic E-state index is -3.64. The van der Waals surface area contributed by atoms with Crippen molar-refractivity contribution in [2.24, 2.45) is 5.92 Å². The molecule has 0 aliphatic carbocycles. The van der Waals surface area contributed by atoms with Crippen LogP contribution < -0.4 is 4.72 Å². The summed E-state index contributed by atoms with van der Waals surface area (Å²) in [5.74, 6) is 0.106. The molecule has 2 aliphatic rings. The molecule has 4 aromatic carbocycles. The maximum atomic E-state index is 12.9. The van der Waals surface area contributed by atoms with Gasteiger partial charge in [0.1, 0.15) is 0 Å². The molecule has 2 fully saturated rings. The Morgan fingerprint density at radius 3 is 2.20 bits per heavy atom. The van der Waals surface area contributed by atoms with E-state index < -0.39 is 16.3 Å². The average Bonchev–Trinajstić information content (AvgIpc) is 3.09. The van der Waals surface area contributed by atoms with Crippen molar-refractivity contribution < 1.29 is 27.7 Å². The zero-order chi connectivity index (χ0) is 31.2. The third-order valence-electron chi connectivity index (χ3n) is 8.68. The lowest BCUT2D eigenvalue weighted by molar-refractivity contribution is -0.277. The van der Waals surface area contributed by atoms with E-state index in [0.29, 0.717) is 0 Å². The second-order valence-electron chi connectivity index (χ2n) is 11.7. The fourth-order valence-corrected chi connectivity index (χ4v) is 7.03. The van der Waals surface area contributed by atoms with E-state index in [1.54, 1.807) is 30.3 Å². The standard InChI is InChI=1S/C36H40N2O6S/c1-26-34(24-38-19-21-42-22-20-38)43-36(44-35(26)29-13-11-27(25-39)12-14-29)30-17-15-28(16-18-30)33-10-6-5-7-31(33)23-37-45(40,41)32-8-3-2-4-9-32/h2-18,26,34-37,39H,19-25H2,1H3/t26-,34+,35+,36+/m1/s1. The first kappa shape index (κ1) is 31.6. The third kappa shape index (κ3) is 7.53. The van der Waals surface area contributed by atoms with E-state index in [1.807, 2.05) is 72.8 Å². The molecule has 0 saturated carbocycles. The number of nitrogens with one attached hydrogen (secondary N) is 1. The summed E-state index contributed by atoms with van der Waals surface area (Å²) < 4.78 is 47.3. The summed E-state index contributed by atoms with van der Waals surface area (Å²) in [6.45, 7) is 6.35. The van der Waals surface area contributed by atoms with Crippen molar-refractivity contribution in [2.45, 2.75) is 43.5 Å². The number of rotatable bonds is 10. The van der Waals surface area contributed by atoms with Gasteiger partial charge in [-0.2, -0.15) is 0 Å². The Balaban J connectivity index is 1.22. The molecule has 2 N–H and O–H groups in total. The minimum absolute atomic E-state index is 0.00112. The highest BCUT2D eigenvalue weighted by atomic mass is 32.2. The molecule has 0 unspecified atom stereocenters. The molecule has 0 aromatic heterocycles. The van der Waals surface area contributed by atoms with Crippen molar-refractivity contribution in [2.75, 3.05) is 32.8 Å². The van der Waals surface area contributed by atoms with Crippen LogP contribution >= 0.6 is 0 Å². The Kier molecular flexibility index (Phi) is 10.1. The molecule has 236 valence electrons. The van der Waals surface area contributed by atoms with Crippen LogP contribution in [0.15, 0.2) is 108 Å². The van der Waals surface area contributed by atoms with Crippen molar-refractivity contribution in [3.05, 3.63) is 125 Å². The monoisotopic (exact) mass is 628 g/mol. The SMILES string of the molecule is C[C@@H]1[C@H](CN2CCOCC2)O[C@H](c2ccc(-c3ccccc3CNS(=O)(=O)c3ccccc3)cc2)O[C@@H]1c1ccc(CO)cc1. The van der Waals surface area contributed by atoms with Gasteiger partial charge in [0.15, 0.2) is 6.29 Å². The molecule has 4 aromatic rings. The van der Waals surface area contributed by atoms with Crippen LogP contribution in [0.3, 0.4) is 0 Å². The van der Waals surface area contributed by atoms with E-state index in [1.165, 1.54) is 0 Å². The number of aliphatic hydroxyl groups excluding tert-OH is 1. The lowest BCUT2D eigenvalue weighted by Gasteiger charge is -2.43. The average molecular weight is 629 g/mol. The minimum Gasteiger partial charge on any atom is -0.392 e. The smallest absolute Gasteiger partial charge is 0.240 e. The van der Waals surface area contributed by atoms with Crippen LogP contribution in [-0.4, -0.2) is 57.4 Å².